The van der Waals surface area contributed by atoms with Crippen LogP contribution in [0.3, 0.4) is 0 Å². The van der Waals surface area contributed by atoms with Crippen molar-refractivity contribution in [1.29, 1.82) is 0 Å². The molecule has 5 heteroatoms. The molecule has 5 nitrogen and oxygen atoms in total. The number of carbonyl (C=O) groups excluding carboxylic acids is 2. The number of carbonyl (C=O) groups is 2. The van der Waals surface area contributed by atoms with Crippen LogP contribution in [0, 0.1) is 0 Å². The number of amides is 2. The van der Waals surface area contributed by atoms with E-state index in [2.05, 4.69) is 6.07 Å². The Labute approximate surface area is 171 Å². The molecule has 0 saturated heterocycles. The summed E-state index contributed by atoms with van der Waals surface area (Å²) in [5.74, 6) is 0.333. The highest BCUT2D eigenvalue weighted by atomic mass is 16.5. The topological polar surface area (TPSA) is 49.9 Å². The standard InChI is InChI=1S/C24H26N2O3/c1-4-14-26-23(27)21(18-9-11-19(12-10-18)29-16(2)3)22(24(26)28)25-15-13-17-7-5-6-8-20(17)25/h5-12,16H,4,13-15H2,1-3H3. The van der Waals surface area contributed by atoms with E-state index in [4.69, 9.17) is 4.74 Å². The van der Waals surface area contributed by atoms with E-state index < -0.39 is 0 Å². The highest BCUT2D eigenvalue weighted by Crippen LogP contribution is 2.38. The first kappa shape index (κ1) is 19.2. The average molecular weight is 390 g/mol. The van der Waals surface area contributed by atoms with Crippen LogP contribution in [0.4, 0.5) is 5.69 Å². The van der Waals surface area contributed by atoms with Crippen molar-refractivity contribution < 1.29 is 14.3 Å². The van der Waals surface area contributed by atoms with Crippen molar-refractivity contribution in [2.24, 2.45) is 0 Å². The lowest BCUT2D eigenvalue weighted by Gasteiger charge is -2.21. The molecule has 2 aromatic rings. The molecule has 0 spiro atoms. The van der Waals surface area contributed by atoms with Crippen molar-refractivity contribution in [3.05, 3.63) is 65.4 Å². The van der Waals surface area contributed by atoms with Crippen LogP contribution in [0.25, 0.3) is 5.57 Å². The monoisotopic (exact) mass is 390 g/mol. The Hall–Kier alpha value is -3.08. The third-order valence-electron chi connectivity index (χ3n) is 5.26. The number of hydrogen-bond acceptors (Lipinski definition) is 4. The highest BCUT2D eigenvalue weighted by Gasteiger charge is 2.42. The number of imide groups is 1. The first-order chi connectivity index (χ1) is 14.0. The van der Waals surface area contributed by atoms with Crippen LogP contribution in [-0.4, -0.2) is 35.9 Å². The quantitative estimate of drug-likeness (QED) is 0.699. The van der Waals surface area contributed by atoms with Gasteiger partial charge in [-0.3, -0.25) is 14.5 Å². The normalized spacial score (nSPS) is 16.3. The Bertz CT molecular complexity index is 976. The smallest absolute Gasteiger partial charge is 0.278 e. The minimum Gasteiger partial charge on any atom is -0.491 e. The molecular weight excluding hydrogens is 364 g/mol. The Morgan fingerprint density at radius 1 is 1.00 bits per heavy atom. The van der Waals surface area contributed by atoms with Crippen LogP contribution in [0.2, 0.25) is 0 Å². The molecule has 0 atom stereocenters. The van der Waals surface area contributed by atoms with Crippen LogP contribution in [0.5, 0.6) is 5.75 Å². The maximum absolute atomic E-state index is 13.3. The van der Waals surface area contributed by atoms with Gasteiger partial charge in [0, 0.05) is 18.8 Å². The zero-order valence-corrected chi connectivity index (χ0v) is 17.1. The van der Waals surface area contributed by atoms with Crippen molar-refractivity contribution >= 4 is 23.1 Å². The zero-order valence-electron chi connectivity index (χ0n) is 17.1. The van der Waals surface area contributed by atoms with Gasteiger partial charge in [0.2, 0.25) is 0 Å². The van der Waals surface area contributed by atoms with Gasteiger partial charge in [-0.05, 0) is 56.0 Å². The Morgan fingerprint density at radius 3 is 2.41 bits per heavy atom. The molecule has 0 N–H and O–H groups in total. The third-order valence-corrected chi connectivity index (χ3v) is 5.26. The molecule has 29 heavy (non-hydrogen) atoms. The van der Waals surface area contributed by atoms with Crippen LogP contribution in [0.15, 0.2) is 54.2 Å². The summed E-state index contributed by atoms with van der Waals surface area (Å²) in [6.07, 6.45) is 1.67. The summed E-state index contributed by atoms with van der Waals surface area (Å²) in [6.45, 7) is 7.05. The minimum absolute atomic E-state index is 0.0754. The number of anilines is 1. The molecule has 150 valence electrons. The molecule has 0 aromatic heterocycles. The van der Waals surface area contributed by atoms with Crippen molar-refractivity contribution in [2.45, 2.75) is 39.7 Å². The van der Waals surface area contributed by atoms with Gasteiger partial charge in [-0.1, -0.05) is 37.3 Å². The average Bonchev–Trinajstić information content (AvgIpc) is 3.22. The van der Waals surface area contributed by atoms with E-state index in [1.807, 2.05) is 68.1 Å². The zero-order chi connectivity index (χ0) is 20.5. The van der Waals surface area contributed by atoms with Crippen molar-refractivity contribution in [3.63, 3.8) is 0 Å². The van der Waals surface area contributed by atoms with Gasteiger partial charge in [0.1, 0.15) is 11.4 Å². The summed E-state index contributed by atoms with van der Waals surface area (Å²) in [6, 6.07) is 15.5. The summed E-state index contributed by atoms with van der Waals surface area (Å²) in [5.41, 5.74) is 3.94. The summed E-state index contributed by atoms with van der Waals surface area (Å²) in [4.78, 5) is 29.9. The van der Waals surface area contributed by atoms with E-state index in [1.54, 1.807) is 0 Å². The Kier molecular flexibility index (Phi) is 5.14. The lowest BCUT2D eigenvalue weighted by molar-refractivity contribution is -0.136. The molecule has 0 saturated carbocycles. The molecule has 2 aromatic carbocycles. The van der Waals surface area contributed by atoms with Crippen LogP contribution in [-0.2, 0) is 16.0 Å². The van der Waals surface area contributed by atoms with E-state index >= 15 is 0 Å². The molecule has 0 aliphatic carbocycles. The fourth-order valence-corrected chi connectivity index (χ4v) is 4.04. The van der Waals surface area contributed by atoms with Gasteiger partial charge >= 0.3 is 0 Å². The van der Waals surface area contributed by atoms with Crippen LogP contribution < -0.4 is 9.64 Å². The predicted molar refractivity (Wildman–Crippen MR) is 114 cm³/mol. The van der Waals surface area contributed by atoms with Gasteiger partial charge in [-0.2, -0.15) is 0 Å². The highest BCUT2D eigenvalue weighted by molar-refractivity contribution is 6.36. The van der Waals surface area contributed by atoms with Gasteiger partial charge in [0.25, 0.3) is 11.8 Å². The molecule has 2 heterocycles. The molecule has 4 rings (SSSR count). The fraction of sp³-hybridized carbons (Fsp3) is 0.333. The molecular formula is C24H26N2O3. The Morgan fingerprint density at radius 2 is 1.72 bits per heavy atom. The second-order valence-corrected chi connectivity index (χ2v) is 7.71. The lowest BCUT2D eigenvalue weighted by Crippen LogP contribution is -2.35. The number of ether oxygens (including phenoxy) is 1. The number of hydrogen-bond donors (Lipinski definition) is 0. The van der Waals surface area contributed by atoms with Gasteiger partial charge in [-0.25, -0.2) is 0 Å². The molecule has 0 fully saturated rings. The van der Waals surface area contributed by atoms with Gasteiger partial charge in [0.15, 0.2) is 0 Å². The summed E-state index contributed by atoms with van der Waals surface area (Å²) >= 11 is 0. The number of nitrogens with zero attached hydrogens (tertiary/aromatic N) is 2. The minimum atomic E-state index is -0.214. The maximum atomic E-state index is 13.3. The van der Waals surface area contributed by atoms with E-state index in [1.165, 1.54) is 10.5 Å². The maximum Gasteiger partial charge on any atom is 0.278 e. The first-order valence-electron chi connectivity index (χ1n) is 10.2. The van der Waals surface area contributed by atoms with Gasteiger partial charge in [-0.15, -0.1) is 0 Å². The Balaban J connectivity index is 1.80. The van der Waals surface area contributed by atoms with E-state index in [-0.39, 0.29) is 17.9 Å². The van der Waals surface area contributed by atoms with Crippen LogP contribution in [0.1, 0.15) is 38.3 Å². The SMILES string of the molecule is CCCN1C(=O)C(c2ccc(OC(C)C)cc2)=C(N2CCc3ccccc32)C1=O. The molecule has 2 aliphatic rings. The summed E-state index contributed by atoms with van der Waals surface area (Å²) in [7, 11) is 0. The number of rotatable bonds is 6. The van der Waals surface area contributed by atoms with E-state index in [9.17, 15) is 9.59 Å². The van der Waals surface area contributed by atoms with Crippen LogP contribution >= 0.6 is 0 Å². The van der Waals surface area contributed by atoms with E-state index in [0.29, 0.717) is 24.4 Å². The summed E-state index contributed by atoms with van der Waals surface area (Å²) < 4.78 is 5.72. The second kappa shape index (κ2) is 7.74. The van der Waals surface area contributed by atoms with Crippen molar-refractivity contribution in [1.82, 2.24) is 4.90 Å². The van der Waals surface area contributed by atoms with Crippen molar-refractivity contribution in [2.75, 3.05) is 18.0 Å². The molecule has 0 radical (unpaired) electrons. The van der Waals surface area contributed by atoms with Gasteiger partial charge < -0.3 is 9.64 Å². The van der Waals surface area contributed by atoms with Gasteiger partial charge in [0.05, 0.1) is 11.7 Å². The number of fused-ring (bicyclic) bond motifs is 1. The third kappa shape index (κ3) is 3.41. The lowest BCUT2D eigenvalue weighted by atomic mass is 10.0. The first-order valence-corrected chi connectivity index (χ1v) is 10.2. The molecule has 2 aliphatic heterocycles. The fourth-order valence-electron chi connectivity index (χ4n) is 4.04. The number of benzene rings is 2. The molecule has 2 amide bonds. The van der Waals surface area contributed by atoms with Crippen molar-refractivity contribution in [3.8, 4) is 5.75 Å². The van der Waals surface area contributed by atoms with E-state index in [0.717, 1.165) is 29.8 Å². The second-order valence-electron chi connectivity index (χ2n) is 7.71. The molecule has 0 unspecified atom stereocenters. The summed E-state index contributed by atoms with van der Waals surface area (Å²) in [5, 5.41) is 0. The predicted octanol–water partition coefficient (Wildman–Crippen LogP) is 4.03. The largest absolute Gasteiger partial charge is 0.491 e. The molecule has 0 bridgehead atoms. The number of para-hydroxylation sites is 1.